The summed E-state index contributed by atoms with van der Waals surface area (Å²) in [5.41, 5.74) is 0. The summed E-state index contributed by atoms with van der Waals surface area (Å²) < 4.78 is 0. The molecule has 0 bridgehead atoms. The van der Waals surface area contributed by atoms with Crippen LogP contribution in [0.5, 0.6) is 0 Å². The third-order valence-electron chi connectivity index (χ3n) is 3.56. The Bertz CT molecular complexity index is 513. The van der Waals surface area contributed by atoms with Gasteiger partial charge in [0.05, 0.1) is 37.7 Å². The Morgan fingerprint density at radius 2 is 0.857 bits per heavy atom. The molecule has 0 aliphatic carbocycles. The SMILES string of the molecule is [Cl-].[Cl-].c1ccc(SCC[NH2+]CCSSCC[NH2+]CCSc2ccccc2)cc1. The third-order valence-corrected chi connectivity index (χ3v) is 8.12. The van der Waals surface area contributed by atoms with Gasteiger partial charge < -0.3 is 35.4 Å². The van der Waals surface area contributed by atoms with Crippen LogP contribution < -0.4 is 35.4 Å². The maximum atomic E-state index is 2.44. The summed E-state index contributed by atoms with van der Waals surface area (Å²) in [4.78, 5) is 2.76. The summed E-state index contributed by atoms with van der Waals surface area (Å²) in [6, 6.07) is 21.4. The van der Waals surface area contributed by atoms with Crippen LogP contribution in [0.2, 0.25) is 0 Å². The highest BCUT2D eigenvalue weighted by atomic mass is 35.5. The number of benzene rings is 2. The van der Waals surface area contributed by atoms with Crippen LogP contribution in [0.3, 0.4) is 0 Å². The first-order valence-corrected chi connectivity index (χ1v) is 13.6. The molecule has 4 N–H and O–H groups in total. The molecule has 2 aromatic carbocycles. The van der Waals surface area contributed by atoms with Crippen LogP contribution in [-0.2, 0) is 0 Å². The second-order valence-electron chi connectivity index (χ2n) is 5.70. The molecule has 0 atom stereocenters. The summed E-state index contributed by atoms with van der Waals surface area (Å²) in [5, 5.41) is 4.88. The Kier molecular flexibility index (Phi) is 20.9. The van der Waals surface area contributed by atoms with Gasteiger partial charge in [-0.3, -0.25) is 0 Å². The Hall–Kier alpha value is 0.340. The lowest BCUT2D eigenvalue weighted by molar-refractivity contribution is -0.646. The minimum atomic E-state index is 0. The van der Waals surface area contributed by atoms with E-state index in [1.807, 2.05) is 45.1 Å². The number of nitrogens with two attached hydrogens (primary N) is 2. The maximum absolute atomic E-state index is 2.44. The second kappa shape index (κ2) is 20.6. The highest BCUT2D eigenvalue weighted by Crippen LogP contribution is 2.18. The van der Waals surface area contributed by atoms with E-state index in [1.165, 1.54) is 59.0 Å². The molecule has 0 fully saturated rings. The summed E-state index contributed by atoms with van der Waals surface area (Å²) >= 11 is 3.90. The van der Waals surface area contributed by atoms with E-state index < -0.39 is 0 Å². The molecule has 0 saturated heterocycles. The van der Waals surface area contributed by atoms with E-state index in [4.69, 9.17) is 0 Å². The highest BCUT2D eigenvalue weighted by Gasteiger charge is 1.98. The van der Waals surface area contributed by atoms with Crippen LogP contribution >= 0.6 is 45.1 Å². The second-order valence-corrected chi connectivity index (χ2v) is 10.7. The average Bonchev–Trinajstić information content (AvgIpc) is 2.70. The molecular formula is C20H30Cl2N2S4. The fourth-order valence-electron chi connectivity index (χ4n) is 2.22. The molecule has 0 spiro atoms. The molecule has 0 amide bonds. The standard InChI is InChI=1S/C20H28N2S4.2ClH/c1-3-7-19(8-4-1)23-15-11-21-13-17-25-26-18-14-22-12-16-24-20-9-5-2-6-10-20;;/h1-10,21-22H,11-18H2;2*1H. The van der Waals surface area contributed by atoms with Gasteiger partial charge >= 0.3 is 0 Å². The van der Waals surface area contributed by atoms with Crippen molar-refractivity contribution in [2.24, 2.45) is 0 Å². The van der Waals surface area contributed by atoms with Gasteiger partial charge in [-0.15, -0.1) is 23.5 Å². The van der Waals surface area contributed by atoms with Crippen LogP contribution in [0.15, 0.2) is 70.5 Å². The zero-order chi connectivity index (χ0) is 18.1. The monoisotopic (exact) mass is 496 g/mol. The summed E-state index contributed by atoms with van der Waals surface area (Å²) in [7, 11) is 4.04. The quantitative estimate of drug-likeness (QED) is 0.157. The number of hydrogen-bond donors (Lipinski definition) is 2. The molecule has 0 aliphatic heterocycles. The van der Waals surface area contributed by atoms with E-state index >= 15 is 0 Å². The van der Waals surface area contributed by atoms with Gasteiger partial charge in [0, 0.05) is 21.3 Å². The van der Waals surface area contributed by atoms with Crippen molar-refractivity contribution in [1.82, 2.24) is 0 Å². The van der Waals surface area contributed by atoms with Gasteiger partial charge in [0.15, 0.2) is 0 Å². The number of halogens is 2. The molecule has 0 radical (unpaired) electrons. The predicted octanol–water partition coefficient (Wildman–Crippen LogP) is -2.91. The lowest BCUT2D eigenvalue weighted by atomic mass is 10.4. The van der Waals surface area contributed by atoms with E-state index in [1.54, 1.807) is 0 Å². The number of hydrogen-bond acceptors (Lipinski definition) is 4. The lowest BCUT2D eigenvalue weighted by Gasteiger charge is -2.03. The molecule has 0 heterocycles. The van der Waals surface area contributed by atoms with E-state index in [-0.39, 0.29) is 24.8 Å². The minimum Gasteiger partial charge on any atom is -1.00 e. The Balaban J connectivity index is 0.00000364. The summed E-state index contributed by atoms with van der Waals surface area (Å²) in [6.07, 6.45) is 0. The first-order valence-electron chi connectivity index (χ1n) is 9.18. The van der Waals surface area contributed by atoms with Crippen LogP contribution in [0, 0.1) is 0 Å². The molecule has 0 unspecified atom stereocenters. The fourth-order valence-corrected chi connectivity index (χ4v) is 6.01. The van der Waals surface area contributed by atoms with Gasteiger partial charge in [-0.2, -0.15) is 0 Å². The summed E-state index contributed by atoms with van der Waals surface area (Å²) in [6.45, 7) is 4.87. The number of rotatable bonds is 15. The van der Waals surface area contributed by atoms with Crippen molar-refractivity contribution in [2.75, 3.05) is 49.2 Å². The molecule has 0 saturated carbocycles. The van der Waals surface area contributed by atoms with Gasteiger partial charge in [0.1, 0.15) is 0 Å². The first kappa shape index (κ1) is 28.3. The normalized spacial score (nSPS) is 10.1. The van der Waals surface area contributed by atoms with E-state index in [0.717, 1.165) is 0 Å². The van der Waals surface area contributed by atoms with E-state index in [2.05, 4.69) is 71.3 Å². The van der Waals surface area contributed by atoms with Crippen LogP contribution in [0.4, 0.5) is 0 Å². The molecular weight excluding hydrogens is 467 g/mol. The third kappa shape index (κ3) is 15.2. The largest absolute Gasteiger partial charge is 1.00 e. The van der Waals surface area contributed by atoms with E-state index in [0.29, 0.717) is 0 Å². The van der Waals surface area contributed by atoms with Crippen molar-refractivity contribution in [2.45, 2.75) is 9.79 Å². The van der Waals surface area contributed by atoms with Crippen molar-refractivity contribution in [3.05, 3.63) is 60.7 Å². The molecule has 0 aliphatic rings. The fraction of sp³-hybridized carbons (Fsp3) is 0.400. The molecule has 2 nitrogen and oxygen atoms in total. The molecule has 0 aromatic heterocycles. The predicted molar refractivity (Wildman–Crippen MR) is 123 cm³/mol. The van der Waals surface area contributed by atoms with Crippen LogP contribution in [0.25, 0.3) is 0 Å². The van der Waals surface area contributed by atoms with Crippen molar-refractivity contribution in [1.29, 1.82) is 0 Å². The zero-order valence-electron chi connectivity index (χ0n) is 16.0. The molecule has 2 aromatic rings. The molecule has 28 heavy (non-hydrogen) atoms. The number of thioether (sulfide) groups is 2. The van der Waals surface area contributed by atoms with Crippen LogP contribution in [-0.4, -0.2) is 49.2 Å². The van der Waals surface area contributed by atoms with Crippen molar-refractivity contribution in [3.63, 3.8) is 0 Å². The van der Waals surface area contributed by atoms with Crippen molar-refractivity contribution < 1.29 is 35.4 Å². The Morgan fingerprint density at radius 3 is 1.25 bits per heavy atom. The Morgan fingerprint density at radius 1 is 0.500 bits per heavy atom. The molecule has 2 rings (SSSR count). The van der Waals surface area contributed by atoms with Crippen LogP contribution in [0.1, 0.15) is 0 Å². The average molecular weight is 498 g/mol. The minimum absolute atomic E-state index is 0. The van der Waals surface area contributed by atoms with E-state index in [9.17, 15) is 0 Å². The lowest BCUT2D eigenvalue weighted by Crippen LogP contribution is -3.00. The highest BCUT2D eigenvalue weighted by molar-refractivity contribution is 8.76. The van der Waals surface area contributed by atoms with Gasteiger partial charge in [-0.1, -0.05) is 58.0 Å². The zero-order valence-corrected chi connectivity index (χ0v) is 20.8. The van der Waals surface area contributed by atoms with Crippen molar-refractivity contribution in [3.8, 4) is 0 Å². The van der Waals surface area contributed by atoms with Crippen molar-refractivity contribution >= 4 is 45.1 Å². The smallest absolute Gasteiger partial charge is 0.0856 e. The number of quaternary nitrogens is 2. The Labute approximate surface area is 199 Å². The first-order chi connectivity index (χ1) is 12.9. The molecule has 8 heteroatoms. The maximum Gasteiger partial charge on any atom is 0.0856 e. The molecule has 158 valence electrons. The van der Waals surface area contributed by atoms with Gasteiger partial charge in [0.2, 0.25) is 0 Å². The summed E-state index contributed by atoms with van der Waals surface area (Å²) in [5.74, 6) is 4.87. The van der Waals surface area contributed by atoms with Gasteiger partial charge in [-0.25, -0.2) is 0 Å². The van der Waals surface area contributed by atoms with Gasteiger partial charge in [0.25, 0.3) is 0 Å². The topological polar surface area (TPSA) is 33.2 Å². The van der Waals surface area contributed by atoms with Gasteiger partial charge in [-0.05, 0) is 24.3 Å².